The third-order valence-corrected chi connectivity index (χ3v) is 5.23. The lowest BCUT2D eigenvalue weighted by atomic mass is 10.1. The summed E-state index contributed by atoms with van der Waals surface area (Å²) in [4.78, 5) is 46.7. The van der Waals surface area contributed by atoms with E-state index in [4.69, 9.17) is 14.6 Å². The van der Waals surface area contributed by atoms with Crippen molar-refractivity contribution < 1.29 is 32.6 Å². The Kier molecular flexibility index (Phi) is 7.89. The van der Waals surface area contributed by atoms with Crippen molar-refractivity contribution in [2.45, 2.75) is 25.1 Å². The number of fused-ring (bicyclic) bond motifs is 1. The number of carbonyl (C=O) groups is 2. The third-order valence-electron chi connectivity index (χ3n) is 5.23. The fraction of sp³-hybridized carbons (Fsp3) is 0.318. The Morgan fingerprint density at radius 1 is 1.26 bits per heavy atom. The number of rotatable bonds is 4. The van der Waals surface area contributed by atoms with Crippen molar-refractivity contribution in [3.63, 3.8) is 0 Å². The first-order valence-electron chi connectivity index (χ1n) is 10.4. The topological polar surface area (TPSA) is 138 Å². The molecule has 1 aromatic carbocycles. The van der Waals surface area contributed by atoms with Crippen LogP contribution in [-0.4, -0.2) is 63.3 Å². The Labute approximate surface area is 196 Å². The molecule has 1 atom stereocenters. The second kappa shape index (κ2) is 10.8. The summed E-state index contributed by atoms with van der Waals surface area (Å²) in [5, 5.41) is 10.5. The molecule has 35 heavy (non-hydrogen) atoms. The molecule has 2 amide bonds. The number of nitrogens with zero attached hydrogens (tertiary/aromatic N) is 3. The van der Waals surface area contributed by atoms with Crippen LogP contribution in [0.5, 0.6) is 5.75 Å². The number of alkyl halides is 3. The van der Waals surface area contributed by atoms with Crippen LogP contribution < -0.4 is 15.6 Å². The lowest BCUT2D eigenvalue weighted by molar-refractivity contribution is -0.192. The molecule has 10 nitrogen and oxygen atoms in total. The second-order valence-corrected chi connectivity index (χ2v) is 7.59. The lowest BCUT2D eigenvalue weighted by Gasteiger charge is -2.17. The highest BCUT2D eigenvalue weighted by molar-refractivity contribution is 5.76. The van der Waals surface area contributed by atoms with E-state index in [1.165, 1.54) is 6.20 Å². The number of halogens is 3. The number of aromatic amines is 1. The zero-order valence-corrected chi connectivity index (χ0v) is 18.5. The van der Waals surface area contributed by atoms with Crippen molar-refractivity contribution in [2.24, 2.45) is 0 Å². The number of amides is 2. The van der Waals surface area contributed by atoms with E-state index in [0.29, 0.717) is 36.4 Å². The van der Waals surface area contributed by atoms with Gasteiger partial charge >= 0.3 is 18.2 Å². The molecule has 0 bridgehead atoms. The SMILES string of the molecule is COc1ccc(CNC(=O)N2CCC(c3nc4ccncc4c(=O)[nH]3)C2)cc1.O=C(O)C(F)(F)F. The number of hydrogen-bond donors (Lipinski definition) is 3. The van der Waals surface area contributed by atoms with E-state index in [0.717, 1.165) is 17.7 Å². The number of hydrogen-bond acceptors (Lipinski definition) is 6. The smallest absolute Gasteiger partial charge is 0.490 e. The van der Waals surface area contributed by atoms with Gasteiger partial charge in [0.25, 0.3) is 5.56 Å². The average molecular weight is 493 g/mol. The second-order valence-electron chi connectivity index (χ2n) is 7.59. The summed E-state index contributed by atoms with van der Waals surface area (Å²) >= 11 is 0. The van der Waals surface area contributed by atoms with Crippen LogP contribution in [0.1, 0.15) is 23.7 Å². The summed E-state index contributed by atoms with van der Waals surface area (Å²) in [6.07, 6.45) is -1.19. The molecule has 4 rings (SSSR count). The molecular formula is C22H22F3N5O5. The predicted molar refractivity (Wildman–Crippen MR) is 118 cm³/mol. The minimum Gasteiger partial charge on any atom is -0.497 e. The first-order valence-corrected chi connectivity index (χ1v) is 10.4. The minimum absolute atomic E-state index is 0.0111. The molecule has 0 radical (unpaired) electrons. The van der Waals surface area contributed by atoms with Gasteiger partial charge in [-0.1, -0.05) is 12.1 Å². The van der Waals surface area contributed by atoms with Gasteiger partial charge in [0.05, 0.1) is 18.0 Å². The van der Waals surface area contributed by atoms with Crippen LogP contribution in [0.3, 0.4) is 0 Å². The largest absolute Gasteiger partial charge is 0.497 e. The molecule has 186 valence electrons. The number of pyridine rings is 1. The maximum atomic E-state index is 12.5. The number of H-pyrrole nitrogens is 1. The first kappa shape index (κ1) is 25.5. The van der Waals surface area contributed by atoms with Gasteiger partial charge in [0, 0.05) is 37.9 Å². The number of aliphatic carboxylic acids is 1. The molecule has 3 aromatic rings. The number of aromatic nitrogens is 3. The quantitative estimate of drug-likeness (QED) is 0.508. The van der Waals surface area contributed by atoms with Crippen LogP contribution in [0.25, 0.3) is 10.9 Å². The fourth-order valence-electron chi connectivity index (χ4n) is 3.40. The number of urea groups is 1. The summed E-state index contributed by atoms with van der Waals surface area (Å²) in [6, 6.07) is 9.18. The molecule has 2 aromatic heterocycles. The van der Waals surface area contributed by atoms with Crippen molar-refractivity contribution in [1.29, 1.82) is 0 Å². The van der Waals surface area contributed by atoms with Crippen molar-refractivity contribution in [1.82, 2.24) is 25.2 Å². The third kappa shape index (κ3) is 6.68. The molecule has 3 N–H and O–H groups in total. The summed E-state index contributed by atoms with van der Waals surface area (Å²) in [5.41, 5.74) is 1.42. The highest BCUT2D eigenvalue weighted by atomic mass is 19.4. The Morgan fingerprint density at radius 3 is 2.57 bits per heavy atom. The predicted octanol–water partition coefficient (Wildman–Crippen LogP) is 2.66. The zero-order valence-electron chi connectivity index (χ0n) is 18.5. The lowest BCUT2D eigenvalue weighted by Crippen LogP contribution is -2.38. The molecule has 1 saturated heterocycles. The van der Waals surface area contributed by atoms with Crippen molar-refractivity contribution in [2.75, 3.05) is 20.2 Å². The molecule has 3 heterocycles. The summed E-state index contributed by atoms with van der Waals surface area (Å²) < 4.78 is 36.9. The Balaban J connectivity index is 0.000000429. The number of methoxy groups -OCH3 is 1. The van der Waals surface area contributed by atoms with Crippen LogP contribution in [0.2, 0.25) is 0 Å². The van der Waals surface area contributed by atoms with Gasteiger partial charge in [-0.3, -0.25) is 9.78 Å². The van der Waals surface area contributed by atoms with E-state index < -0.39 is 12.1 Å². The van der Waals surface area contributed by atoms with Crippen LogP contribution in [0.15, 0.2) is 47.5 Å². The molecule has 1 fully saturated rings. The Hall–Kier alpha value is -4.16. The standard InChI is InChI=1S/C20H21N5O3.C2HF3O2/c1-28-15-4-2-13(3-5-15)10-22-20(27)25-9-7-14(12-25)18-23-17-6-8-21-11-16(17)19(26)24-18;3-2(4,5)1(6)7/h2-6,8,11,14H,7,9-10,12H2,1H3,(H,22,27)(H,23,24,26);(H,6,7). The van der Waals surface area contributed by atoms with Gasteiger partial charge < -0.3 is 25.0 Å². The van der Waals surface area contributed by atoms with E-state index >= 15 is 0 Å². The van der Waals surface area contributed by atoms with Crippen LogP contribution >= 0.6 is 0 Å². The number of nitrogens with one attached hydrogen (secondary N) is 2. The van der Waals surface area contributed by atoms with Crippen molar-refractivity contribution >= 4 is 22.9 Å². The van der Waals surface area contributed by atoms with E-state index in [2.05, 4.69) is 20.3 Å². The van der Waals surface area contributed by atoms with Gasteiger partial charge in [-0.15, -0.1) is 0 Å². The summed E-state index contributed by atoms with van der Waals surface area (Å²) in [5.74, 6) is -1.34. The van der Waals surface area contributed by atoms with Gasteiger partial charge in [-0.25, -0.2) is 14.6 Å². The van der Waals surface area contributed by atoms with Gasteiger partial charge in [0.2, 0.25) is 0 Å². The zero-order chi connectivity index (χ0) is 25.6. The number of likely N-dealkylation sites (tertiary alicyclic amines) is 1. The van der Waals surface area contributed by atoms with E-state index in [-0.39, 0.29) is 17.5 Å². The Morgan fingerprint density at radius 2 is 1.94 bits per heavy atom. The summed E-state index contributed by atoms with van der Waals surface area (Å²) in [7, 11) is 1.62. The molecule has 1 aliphatic rings. The van der Waals surface area contributed by atoms with Gasteiger partial charge in [0.15, 0.2) is 0 Å². The maximum absolute atomic E-state index is 12.5. The van der Waals surface area contributed by atoms with E-state index in [1.54, 1.807) is 24.3 Å². The van der Waals surface area contributed by atoms with Gasteiger partial charge in [-0.05, 0) is 30.2 Å². The molecule has 0 spiro atoms. The fourth-order valence-corrected chi connectivity index (χ4v) is 3.40. The molecule has 0 saturated carbocycles. The number of ether oxygens (including phenoxy) is 1. The molecule has 13 heteroatoms. The normalized spacial score (nSPS) is 15.3. The van der Waals surface area contributed by atoms with Crippen molar-refractivity contribution in [3.8, 4) is 5.75 Å². The molecular weight excluding hydrogens is 471 g/mol. The van der Waals surface area contributed by atoms with E-state index in [1.807, 2.05) is 24.3 Å². The highest BCUT2D eigenvalue weighted by Gasteiger charge is 2.38. The van der Waals surface area contributed by atoms with Crippen molar-refractivity contribution in [3.05, 3.63) is 64.5 Å². The summed E-state index contributed by atoms with van der Waals surface area (Å²) in [6.45, 7) is 1.59. The first-order chi connectivity index (χ1) is 16.6. The number of carbonyl (C=O) groups excluding carboxylic acids is 1. The van der Waals surface area contributed by atoms with Crippen LogP contribution in [0, 0.1) is 0 Å². The number of carboxylic acids is 1. The number of benzene rings is 1. The highest BCUT2D eigenvalue weighted by Crippen LogP contribution is 2.25. The van der Waals surface area contributed by atoms with E-state index in [9.17, 15) is 22.8 Å². The average Bonchev–Trinajstić information content (AvgIpc) is 3.33. The molecule has 1 unspecified atom stereocenters. The maximum Gasteiger partial charge on any atom is 0.490 e. The molecule has 1 aliphatic heterocycles. The van der Waals surface area contributed by atoms with Crippen LogP contribution in [0.4, 0.5) is 18.0 Å². The van der Waals surface area contributed by atoms with Crippen LogP contribution in [-0.2, 0) is 11.3 Å². The Bertz CT molecular complexity index is 1250. The minimum atomic E-state index is -5.08. The number of carboxylic acid groups (broad SMARTS) is 1. The monoisotopic (exact) mass is 493 g/mol. The molecule has 0 aliphatic carbocycles. The van der Waals surface area contributed by atoms with Gasteiger partial charge in [-0.2, -0.15) is 13.2 Å². The van der Waals surface area contributed by atoms with Gasteiger partial charge in [0.1, 0.15) is 11.6 Å².